The number of fused-ring (bicyclic) bond motifs is 1. The average Bonchev–Trinajstić information content (AvgIpc) is 2.77. The molecule has 0 atom stereocenters. The molecule has 0 aliphatic heterocycles. The zero-order chi connectivity index (χ0) is 22.0. The minimum atomic E-state index is -0.623. The maximum absolute atomic E-state index is 13.9. The third-order valence-corrected chi connectivity index (χ3v) is 5.14. The first kappa shape index (κ1) is 20.4. The van der Waals surface area contributed by atoms with Crippen LogP contribution in [-0.4, -0.2) is 11.1 Å². The molecule has 0 amide bonds. The highest BCUT2D eigenvalue weighted by Gasteiger charge is 2.14. The van der Waals surface area contributed by atoms with Gasteiger partial charge >= 0.3 is 5.97 Å². The molecule has 0 radical (unpaired) electrons. The van der Waals surface area contributed by atoms with Crippen molar-refractivity contribution < 1.29 is 19.0 Å². The van der Waals surface area contributed by atoms with Crippen molar-refractivity contribution in [3.63, 3.8) is 0 Å². The second-order valence-corrected chi connectivity index (χ2v) is 7.44. The molecule has 0 aliphatic rings. The van der Waals surface area contributed by atoms with E-state index in [1.807, 2.05) is 62.4 Å². The van der Waals surface area contributed by atoms with Gasteiger partial charge in [-0.3, -0.25) is 0 Å². The number of hydrogen-bond donors (Lipinski definition) is 1. The number of rotatable bonds is 4. The molecule has 4 aromatic rings. The second-order valence-electron chi connectivity index (χ2n) is 7.44. The van der Waals surface area contributed by atoms with Gasteiger partial charge in [-0.05, 0) is 83.3 Å². The zero-order valence-corrected chi connectivity index (χ0v) is 17.2. The molecule has 0 saturated heterocycles. The molecule has 3 nitrogen and oxygen atoms in total. The lowest BCUT2D eigenvalue weighted by atomic mass is 9.99. The van der Waals surface area contributed by atoms with Crippen LogP contribution >= 0.6 is 0 Å². The summed E-state index contributed by atoms with van der Waals surface area (Å²) in [5, 5.41) is 11.9. The van der Waals surface area contributed by atoms with Gasteiger partial charge in [-0.2, -0.15) is 0 Å². The summed E-state index contributed by atoms with van der Waals surface area (Å²) in [6, 6.07) is 20.8. The number of carbonyl (C=O) groups excluding carboxylic acids is 1. The van der Waals surface area contributed by atoms with Gasteiger partial charge in [0.2, 0.25) is 0 Å². The lowest BCUT2D eigenvalue weighted by Gasteiger charge is -2.09. The Balaban J connectivity index is 1.73. The van der Waals surface area contributed by atoms with Crippen LogP contribution in [0.2, 0.25) is 0 Å². The van der Waals surface area contributed by atoms with E-state index in [0.29, 0.717) is 11.3 Å². The summed E-state index contributed by atoms with van der Waals surface area (Å²) < 4.78 is 19.2. The summed E-state index contributed by atoms with van der Waals surface area (Å²) in [5.74, 6) is -1.02. The van der Waals surface area contributed by atoms with Crippen LogP contribution in [-0.2, 0) is 0 Å². The van der Waals surface area contributed by atoms with Gasteiger partial charge < -0.3 is 9.84 Å². The van der Waals surface area contributed by atoms with Crippen LogP contribution in [0.3, 0.4) is 0 Å². The van der Waals surface area contributed by atoms with Gasteiger partial charge in [0.05, 0.1) is 5.56 Å². The van der Waals surface area contributed by atoms with E-state index in [9.17, 15) is 14.3 Å². The first-order valence-corrected chi connectivity index (χ1v) is 9.90. The highest BCUT2D eigenvalue weighted by atomic mass is 19.1. The van der Waals surface area contributed by atoms with Crippen LogP contribution in [0.1, 0.15) is 32.6 Å². The van der Waals surface area contributed by atoms with Gasteiger partial charge in [0.1, 0.15) is 5.75 Å². The Morgan fingerprint density at radius 2 is 1.58 bits per heavy atom. The normalized spacial score (nSPS) is 11.2. The van der Waals surface area contributed by atoms with Gasteiger partial charge in [0.15, 0.2) is 11.6 Å². The topological polar surface area (TPSA) is 46.5 Å². The van der Waals surface area contributed by atoms with Crippen LogP contribution in [0.5, 0.6) is 11.5 Å². The van der Waals surface area contributed by atoms with Crippen LogP contribution in [0.15, 0.2) is 72.8 Å². The van der Waals surface area contributed by atoms with E-state index < -0.39 is 11.8 Å². The average molecular weight is 412 g/mol. The Morgan fingerprint density at radius 1 is 0.903 bits per heavy atom. The van der Waals surface area contributed by atoms with E-state index in [2.05, 4.69) is 0 Å². The van der Waals surface area contributed by atoms with Gasteiger partial charge in [-0.1, -0.05) is 48.6 Å². The summed E-state index contributed by atoms with van der Waals surface area (Å²) in [6.07, 6.45) is 3.86. The molecule has 0 unspecified atom stereocenters. The molecule has 1 N–H and O–H groups in total. The van der Waals surface area contributed by atoms with Crippen molar-refractivity contribution in [3.05, 3.63) is 106 Å². The molecule has 4 rings (SSSR count). The van der Waals surface area contributed by atoms with Crippen molar-refractivity contribution in [1.82, 2.24) is 0 Å². The number of phenolic OH excluding ortho intramolecular Hbond substituents is 1. The molecular weight excluding hydrogens is 391 g/mol. The fourth-order valence-electron chi connectivity index (χ4n) is 3.55. The van der Waals surface area contributed by atoms with Crippen LogP contribution in [0, 0.1) is 19.7 Å². The standard InChI is InChI=1S/C27H21FO3/c1-17-13-19(14-18(2)26(17)29)11-12-21-16-22(15-20-7-3-4-8-23(20)21)27(30)31-25-10-6-5-9-24(25)28/h3-16,29H,1-2H3. The number of carbonyl (C=O) groups is 1. The summed E-state index contributed by atoms with van der Waals surface area (Å²) in [4.78, 5) is 12.7. The number of ether oxygens (including phenoxy) is 1. The van der Waals surface area contributed by atoms with Crippen molar-refractivity contribution in [2.75, 3.05) is 0 Å². The largest absolute Gasteiger partial charge is 0.507 e. The van der Waals surface area contributed by atoms with Crippen LogP contribution in [0.25, 0.3) is 22.9 Å². The molecule has 0 spiro atoms. The van der Waals surface area contributed by atoms with E-state index in [1.165, 1.54) is 12.1 Å². The highest BCUT2D eigenvalue weighted by Crippen LogP contribution is 2.27. The molecule has 0 fully saturated rings. The Bertz CT molecular complexity index is 1300. The van der Waals surface area contributed by atoms with Gasteiger partial charge in [-0.25, -0.2) is 9.18 Å². The number of halogens is 1. The number of phenols is 1. The van der Waals surface area contributed by atoms with E-state index in [4.69, 9.17) is 4.74 Å². The minimum Gasteiger partial charge on any atom is -0.507 e. The predicted molar refractivity (Wildman–Crippen MR) is 122 cm³/mol. The van der Waals surface area contributed by atoms with E-state index in [1.54, 1.807) is 24.3 Å². The third-order valence-electron chi connectivity index (χ3n) is 5.14. The number of aromatic hydroxyl groups is 1. The lowest BCUT2D eigenvalue weighted by Crippen LogP contribution is -2.09. The van der Waals surface area contributed by atoms with Crippen molar-refractivity contribution in [2.45, 2.75) is 13.8 Å². The van der Waals surface area contributed by atoms with Crippen LogP contribution in [0.4, 0.5) is 4.39 Å². The number of benzene rings is 4. The van der Waals surface area contributed by atoms with Gasteiger partial charge in [0, 0.05) is 0 Å². The summed E-state index contributed by atoms with van der Waals surface area (Å²) >= 11 is 0. The van der Waals surface area contributed by atoms with Crippen molar-refractivity contribution in [2.24, 2.45) is 0 Å². The second kappa shape index (κ2) is 8.44. The number of hydrogen-bond acceptors (Lipinski definition) is 3. The first-order chi connectivity index (χ1) is 14.9. The molecule has 0 heterocycles. The van der Waals surface area contributed by atoms with Crippen molar-refractivity contribution >= 4 is 28.9 Å². The molecule has 0 aromatic heterocycles. The molecule has 154 valence electrons. The number of esters is 1. The monoisotopic (exact) mass is 412 g/mol. The van der Waals surface area contributed by atoms with Gasteiger partial charge in [0.25, 0.3) is 0 Å². The molecule has 4 aromatic carbocycles. The number of aryl methyl sites for hydroxylation is 2. The van der Waals surface area contributed by atoms with E-state index in [-0.39, 0.29) is 5.75 Å². The Kier molecular flexibility index (Phi) is 5.54. The van der Waals surface area contributed by atoms with E-state index >= 15 is 0 Å². The van der Waals surface area contributed by atoms with E-state index in [0.717, 1.165) is 33.0 Å². The molecule has 31 heavy (non-hydrogen) atoms. The predicted octanol–water partition coefficient (Wildman–Crippen LogP) is 6.69. The molecule has 0 aliphatic carbocycles. The number of para-hydroxylation sites is 1. The maximum Gasteiger partial charge on any atom is 0.343 e. The quantitative estimate of drug-likeness (QED) is 0.231. The molecule has 4 heteroatoms. The first-order valence-electron chi connectivity index (χ1n) is 9.90. The maximum atomic E-state index is 13.9. The third kappa shape index (κ3) is 4.33. The van der Waals surface area contributed by atoms with Crippen molar-refractivity contribution in [1.29, 1.82) is 0 Å². The molecule has 0 bridgehead atoms. The summed E-state index contributed by atoms with van der Waals surface area (Å²) in [6.45, 7) is 3.71. The zero-order valence-electron chi connectivity index (χ0n) is 17.2. The highest BCUT2D eigenvalue weighted by molar-refractivity contribution is 6.01. The summed E-state index contributed by atoms with van der Waals surface area (Å²) in [7, 11) is 0. The Hall–Kier alpha value is -3.92. The Labute approximate surface area is 180 Å². The fourth-order valence-corrected chi connectivity index (χ4v) is 3.55. The smallest absolute Gasteiger partial charge is 0.343 e. The fraction of sp³-hybridized carbons (Fsp3) is 0.0741. The SMILES string of the molecule is Cc1cc(C=Cc2cc(C(=O)Oc3ccccc3F)cc3ccccc23)cc(C)c1O. The minimum absolute atomic E-state index is 0.104. The Morgan fingerprint density at radius 3 is 2.32 bits per heavy atom. The summed E-state index contributed by atoms with van der Waals surface area (Å²) in [5.41, 5.74) is 3.70. The lowest BCUT2D eigenvalue weighted by molar-refractivity contribution is 0.0728. The van der Waals surface area contributed by atoms with Crippen LogP contribution < -0.4 is 4.74 Å². The van der Waals surface area contributed by atoms with Crippen molar-refractivity contribution in [3.8, 4) is 11.5 Å². The molecular formula is C27H21FO3. The molecule has 0 saturated carbocycles. The van der Waals surface area contributed by atoms with Gasteiger partial charge in [-0.15, -0.1) is 0 Å².